The number of hydrogen-bond donors (Lipinski definition) is 1. The lowest BCUT2D eigenvalue weighted by Gasteiger charge is -2.13. The number of allylic oxidation sites excluding steroid dienone is 1. The van der Waals surface area contributed by atoms with Gasteiger partial charge in [-0.3, -0.25) is 0 Å². The fourth-order valence-corrected chi connectivity index (χ4v) is 0.967. The van der Waals surface area contributed by atoms with Gasteiger partial charge in [0.15, 0.2) is 0 Å². The maximum absolute atomic E-state index is 11.8. The van der Waals surface area contributed by atoms with Crippen LogP contribution in [0.15, 0.2) is 12.7 Å². The van der Waals surface area contributed by atoms with Crippen molar-refractivity contribution in [3.05, 3.63) is 12.7 Å². The summed E-state index contributed by atoms with van der Waals surface area (Å²) in [4.78, 5) is 0. The van der Waals surface area contributed by atoms with Gasteiger partial charge in [-0.1, -0.05) is 18.9 Å². The number of halogens is 3. The second kappa shape index (κ2) is 6.02. The SMILES string of the molecule is C=CCCCCC[C@H](O)C(F)(F)F. The highest BCUT2D eigenvalue weighted by atomic mass is 19.4. The highest BCUT2D eigenvalue weighted by Gasteiger charge is 2.37. The summed E-state index contributed by atoms with van der Waals surface area (Å²) in [5, 5.41) is 8.60. The number of rotatable bonds is 6. The van der Waals surface area contributed by atoms with E-state index in [0.29, 0.717) is 12.8 Å². The third-order valence-electron chi connectivity index (χ3n) is 1.76. The summed E-state index contributed by atoms with van der Waals surface area (Å²) in [6.45, 7) is 3.50. The smallest absolute Gasteiger partial charge is 0.384 e. The molecule has 0 unspecified atom stereocenters. The molecule has 0 aliphatic rings. The average molecular weight is 196 g/mol. The lowest BCUT2D eigenvalue weighted by atomic mass is 10.1. The topological polar surface area (TPSA) is 20.2 Å². The van der Waals surface area contributed by atoms with Gasteiger partial charge >= 0.3 is 6.18 Å². The van der Waals surface area contributed by atoms with E-state index < -0.39 is 12.3 Å². The number of aliphatic hydroxyl groups is 1. The number of unbranched alkanes of at least 4 members (excludes halogenated alkanes) is 3. The van der Waals surface area contributed by atoms with Crippen molar-refractivity contribution in [1.82, 2.24) is 0 Å². The molecule has 0 aromatic carbocycles. The minimum atomic E-state index is -4.46. The molecule has 0 spiro atoms. The van der Waals surface area contributed by atoms with Gasteiger partial charge in [-0.15, -0.1) is 6.58 Å². The molecule has 0 bridgehead atoms. The first-order chi connectivity index (χ1) is 5.98. The number of alkyl halides is 3. The van der Waals surface area contributed by atoms with Crippen molar-refractivity contribution in [2.75, 3.05) is 0 Å². The predicted molar refractivity (Wildman–Crippen MR) is 45.3 cm³/mol. The Kier molecular flexibility index (Phi) is 5.79. The fraction of sp³-hybridized carbons (Fsp3) is 0.778. The van der Waals surface area contributed by atoms with Crippen molar-refractivity contribution in [1.29, 1.82) is 0 Å². The van der Waals surface area contributed by atoms with E-state index in [-0.39, 0.29) is 6.42 Å². The molecule has 0 saturated carbocycles. The highest BCUT2D eigenvalue weighted by Crippen LogP contribution is 2.23. The zero-order valence-corrected chi connectivity index (χ0v) is 7.48. The predicted octanol–water partition coefficient (Wildman–Crippen LogP) is 3.05. The molecule has 0 fully saturated rings. The second-order valence-electron chi connectivity index (χ2n) is 2.98. The summed E-state index contributed by atoms with van der Waals surface area (Å²) >= 11 is 0. The van der Waals surface area contributed by atoms with Crippen LogP contribution in [0.25, 0.3) is 0 Å². The van der Waals surface area contributed by atoms with Gasteiger partial charge in [0, 0.05) is 0 Å². The van der Waals surface area contributed by atoms with E-state index in [1.165, 1.54) is 0 Å². The van der Waals surface area contributed by atoms with Crippen molar-refractivity contribution in [2.45, 2.75) is 44.4 Å². The van der Waals surface area contributed by atoms with Crippen molar-refractivity contribution in [3.63, 3.8) is 0 Å². The van der Waals surface area contributed by atoms with E-state index >= 15 is 0 Å². The lowest BCUT2D eigenvalue weighted by molar-refractivity contribution is -0.205. The fourth-order valence-electron chi connectivity index (χ4n) is 0.967. The Morgan fingerprint density at radius 1 is 1.23 bits per heavy atom. The minimum Gasteiger partial charge on any atom is -0.384 e. The molecule has 4 heteroatoms. The molecule has 1 atom stereocenters. The monoisotopic (exact) mass is 196 g/mol. The van der Waals surface area contributed by atoms with E-state index in [1.807, 2.05) is 0 Å². The Labute approximate surface area is 76.3 Å². The maximum atomic E-state index is 11.8. The van der Waals surface area contributed by atoms with E-state index in [9.17, 15) is 13.2 Å². The standard InChI is InChI=1S/C9H15F3O/c1-2-3-4-5-6-7-8(13)9(10,11)12/h2,8,13H,1,3-7H2/t8-/m0/s1. The summed E-state index contributed by atoms with van der Waals surface area (Å²) in [6, 6.07) is 0. The molecule has 0 aliphatic heterocycles. The summed E-state index contributed by atoms with van der Waals surface area (Å²) < 4.78 is 35.3. The van der Waals surface area contributed by atoms with E-state index in [2.05, 4.69) is 6.58 Å². The quantitative estimate of drug-likeness (QED) is 0.511. The molecule has 0 radical (unpaired) electrons. The van der Waals surface area contributed by atoms with Crippen LogP contribution in [0, 0.1) is 0 Å². The Bertz CT molecular complexity index is 142. The van der Waals surface area contributed by atoms with Gasteiger partial charge in [0.1, 0.15) is 6.10 Å². The molecule has 0 aliphatic carbocycles. The van der Waals surface area contributed by atoms with Crippen LogP contribution in [0.1, 0.15) is 32.1 Å². The van der Waals surface area contributed by atoms with Crippen LogP contribution >= 0.6 is 0 Å². The Hall–Kier alpha value is -0.510. The zero-order valence-electron chi connectivity index (χ0n) is 7.48. The molecule has 13 heavy (non-hydrogen) atoms. The van der Waals surface area contributed by atoms with Gasteiger partial charge in [0.05, 0.1) is 0 Å². The van der Waals surface area contributed by atoms with Gasteiger partial charge < -0.3 is 5.11 Å². The number of hydrogen-bond acceptors (Lipinski definition) is 1. The van der Waals surface area contributed by atoms with E-state index in [0.717, 1.165) is 12.8 Å². The molecular formula is C9H15F3O. The van der Waals surface area contributed by atoms with Crippen LogP contribution in [0.5, 0.6) is 0 Å². The first-order valence-corrected chi connectivity index (χ1v) is 4.34. The molecule has 0 saturated heterocycles. The highest BCUT2D eigenvalue weighted by molar-refractivity contribution is 4.67. The molecule has 1 N–H and O–H groups in total. The summed E-state index contributed by atoms with van der Waals surface area (Å²) in [5.74, 6) is 0. The van der Waals surface area contributed by atoms with Crippen LogP contribution in [0.4, 0.5) is 13.2 Å². The van der Waals surface area contributed by atoms with Gasteiger partial charge in [0.2, 0.25) is 0 Å². The Morgan fingerprint density at radius 3 is 2.31 bits per heavy atom. The number of aliphatic hydroxyl groups excluding tert-OH is 1. The van der Waals surface area contributed by atoms with Crippen molar-refractivity contribution in [3.8, 4) is 0 Å². The molecule has 0 heterocycles. The van der Waals surface area contributed by atoms with Crippen LogP contribution in [0.2, 0.25) is 0 Å². The third-order valence-corrected chi connectivity index (χ3v) is 1.76. The van der Waals surface area contributed by atoms with Gasteiger partial charge in [-0.05, 0) is 19.3 Å². The molecule has 0 aromatic rings. The van der Waals surface area contributed by atoms with Crippen LogP contribution in [-0.2, 0) is 0 Å². The zero-order chi connectivity index (χ0) is 10.3. The van der Waals surface area contributed by atoms with Crippen LogP contribution in [-0.4, -0.2) is 17.4 Å². The first-order valence-electron chi connectivity index (χ1n) is 4.34. The summed E-state index contributed by atoms with van der Waals surface area (Å²) in [5.41, 5.74) is 0. The molecular weight excluding hydrogens is 181 g/mol. The van der Waals surface area contributed by atoms with Crippen LogP contribution in [0.3, 0.4) is 0 Å². The summed E-state index contributed by atoms with van der Waals surface area (Å²) in [7, 11) is 0. The largest absolute Gasteiger partial charge is 0.414 e. The average Bonchev–Trinajstić information content (AvgIpc) is 2.02. The normalized spacial score (nSPS) is 14.2. The molecule has 78 valence electrons. The van der Waals surface area contributed by atoms with E-state index in [4.69, 9.17) is 5.11 Å². The summed E-state index contributed by atoms with van der Waals surface area (Å²) in [6.07, 6.45) is -2.29. The van der Waals surface area contributed by atoms with E-state index in [1.54, 1.807) is 6.08 Å². The van der Waals surface area contributed by atoms with Crippen molar-refractivity contribution >= 4 is 0 Å². The van der Waals surface area contributed by atoms with Gasteiger partial charge in [-0.2, -0.15) is 13.2 Å². The lowest BCUT2D eigenvalue weighted by Crippen LogP contribution is -2.28. The van der Waals surface area contributed by atoms with Gasteiger partial charge in [-0.25, -0.2) is 0 Å². The molecule has 0 aromatic heterocycles. The Balaban J connectivity index is 3.37. The molecule has 0 amide bonds. The first kappa shape index (κ1) is 12.5. The van der Waals surface area contributed by atoms with Gasteiger partial charge in [0.25, 0.3) is 0 Å². The molecule has 0 rings (SSSR count). The minimum absolute atomic E-state index is 0.194. The molecule has 1 nitrogen and oxygen atoms in total. The second-order valence-corrected chi connectivity index (χ2v) is 2.98. The van der Waals surface area contributed by atoms with Crippen molar-refractivity contribution < 1.29 is 18.3 Å². The van der Waals surface area contributed by atoms with Crippen molar-refractivity contribution in [2.24, 2.45) is 0 Å². The van der Waals surface area contributed by atoms with Crippen LogP contribution < -0.4 is 0 Å². The Morgan fingerprint density at radius 2 is 1.85 bits per heavy atom. The maximum Gasteiger partial charge on any atom is 0.414 e. The third kappa shape index (κ3) is 6.63.